The molecule has 2 aliphatic carbocycles. The Hall–Kier alpha value is -0.570. The maximum Gasteiger partial charge on any atom is 0.227 e. The molecule has 0 spiro atoms. The molecular weight excluding hydrogens is 224 g/mol. The molecule has 2 saturated carbocycles. The van der Waals surface area contributed by atoms with Gasteiger partial charge >= 0.3 is 0 Å². The minimum Gasteiger partial charge on any atom is -0.353 e. The van der Waals surface area contributed by atoms with Gasteiger partial charge in [-0.05, 0) is 56.8 Å². The van der Waals surface area contributed by atoms with E-state index >= 15 is 0 Å². The Balaban J connectivity index is 1.93. The highest BCUT2D eigenvalue weighted by Crippen LogP contribution is 2.39. The SMILES string of the molecule is CC1CCC(CN)(C(=O)NC2CCC(C)C2)CC1. The van der Waals surface area contributed by atoms with Gasteiger partial charge in [0.25, 0.3) is 0 Å². The van der Waals surface area contributed by atoms with Crippen molar-refractivity contribution in [3.63, 3.8) is 0 Å². The lowest BCUT2D eigenvalue weighted by Gasteiger charge is -2.37. The van der Waals surface area contributed by atoms with Crippen molar-refractivity contribution in [2.75, 3.05) is 6.54 Å². The third-order valence-electron chi connectivity index (χ3n) is 5.13. The standard InChI is InChI=1S/C15H28N2O/c1-11-5-7-15(10-16,8-6-11)14(18)17-13-4-3-12(2)9-13/h11-13H,3-10,16H2,1-2H3,(H,17,18). The highest BCUT2D eigenvalue weighted by atomic mass is 16.2. The fraction of sp³-hybridized carbons (Fsp3) is 0.933. The lowest BCUT2D eigenvalue weighted by Crippen LogP contribution is -2.50. The van der Waals surface area contributed by atoms with Crippen LogP contribution in [0.3, 0.4) is 0 Å². The van der Waals surface area contributed by atoms with Gasteiger partial charge in [0.15, 0.2) is 0 Å². The summed E-state index contributed by atoms with van der Waals surface area (Å²) >= 11 is 0. The van der Waals surface area contributed by atoms with Crippen LogP contribution in [0.1, 0.15) is 58.8 Å². The Kier molecular flexibility index (Phi) is 4.31. The first kappa shape index (κ1) is 13.9. The fourth-order valence-corrected chi connectivity index (χ4v) is 3.52. The van der Waals surface area contributed by atoms with E-state index in [0.29, 0.717) is 12.6 Å². The van der Waals surface area contributed by atoms with Gasteiger partial charge in [0.05, 0.1) is 5.41 Å². The highest BCUT2D eigenvalue weighted by molar-refractivity contribution is 5.83. The molecule has 2 aliphatic rings. The van der Waals surface area contributed by atoms with E-state index in [1.54, 1.807) is 0 Å². The molecule has 0 saturated heterocycles. The van der Waals surface area contributed by atoms with Gasteiger partial charge in [-0.1, -0.05) is 13.8 Å². The van der Waals surface area contributed by atoms with Gasteiger partial charge in [-0.25, -0.2) is 0 Å². The first-order valence-corrected chi connectivity index (χ1v) is 7.57. The Labute approximate surface area is 111 Å². The molecule has 0 bridgehead atoms. The third-order valence-corrected chi connectivity index (χ3v) is 5.13. The molecular formula is C15H28N2O. The number of carbonyl (C=O) groups excluding carboxylic acids is 1. The molecule has 0 heterocycles. The molecule has 2 unspecified atom stereocenters. The van der Waals surface area contributed by atoms with E-state index in [-0.39, 0.29) is 11.3 Å². The molecule has 0 aliphatic heterocycles. The van der Waals surface area contributed by atoms with Gasteiger partial charge in [0.2, 0.25) is 5.91 Å². The normalized spacial score (nSPS) is 40.7. The van der Waals surface area contributed by atoms with Crippen LogP contribution in [-0.4, -0.2) is 18.5 Å². The number of rotatable bonds is 3. The summed E-state index contributed by atoms with van der Waals surface area (Å²) in [5, 5.41) is 3.27. The van der Waals surface area contributed by atoms with Gasteiger partial charge in [0.1, 0.15) is 0 Å². The molecule has 104 valence electrons. The number of hydrogen-bond donors (Lipinski definition) is 2. The van der Waals surface area contributed by atoms with Crippen molar-refractivity contribution in [1.29, 1.82) is 0 Å². The van der Waals surface area contributed by atoms with E-state index in [1.165, 1.54) is 6.42 Å². The zero-order valence-corrected chi connectivity index (χ0v) is 11.9. The van der Waals surface area contributed by atoms with Crippen LogP contribution in [0.2, 0.25) is 0 Å². The third kappa shape index (κ3) is 2.87. The Bertz CT molecular complexity index is 295. The van der Waals surface area contributed by atoms with E-state index in [4.69, 9.17) is 5.73 Å². The van der Waals surface area contributed by atoms with Crippen LogP contribution in [-0.2, 0) is 4.79 Å². The lowest BCUT2D eigenvalue weighted by atomic mass is 9.70. The molecule has 0 radical (unpaired) electrons. The fourth-order valence-electron chi connectivity index (χ4n) is 3.52. The predicted octanol–water partition coefficient (Wildman–Crippen LogP) is 2.45. The Morgan fingerprint density at radius 2 is 1.83 bits per heavy atom. The average molecular weight is 252 g/mol. The Morgan fingerprint density at radius 1 is 1.17 bits per heavy atom. The minimum absolute atomic E-state index is 0.232. The molecule has 2 rings (SSSR count). The van der Waals surface area contributed by atoms with E-state index in [0.717, 1.165) is 50.4 Å². The van der Waals surface area contributed by atoms with Crippen LogP contribution < -0.4 is 11.1 Å². The summed E-state index contributed by atoms with van der Waals surface area (Å²) in [5.74, 6) is 1.75. The van der Waals surface area contributed by atoms with Gasteiger partial charge in [-0.15, -0.1) is 0 Å². The van der Waals surface area contributed by atoms with E-state index in [1.807, 2.05) is 0 Å². The van der Waals surface area contributed by atoms with Crippen molar-refractivity contribution in [3.8, 4) is 0 Å². The summed E-state index contributed by atoms with van der Waals surface area (Å²) in [6.07, 6.45) is 7.76. The number of hydrogen-bond acceptors (Lipinski definition) is 2. The van der Waals surface area contributed by atoms with Crippen LogP contribution >= 0.6 is 0 Å². The van der Waals surface area contributed by atoms with Crippen LogP contribution in [0.4, 0.5) is 0 Å². The summed E-state index contributed by atoms with van der Waals surface area (Å²) in [7, 11) is 0. The molecule has 3 heteroatoms. The number of nitrogens with two attached hydrogens (primary N) is 1. The zero-order chi connectivity index (χ0) is 13.2. The van der Waals surface area contributed by atoms with Crippen LogP contribution in [0.5, 0.6) is 0 Å². The predicted molar refractivity (Wildman–Crippen MR) is 74.1 cm³/mol. The molecule has 3 nitrogen and oxygen atoms in total. The van der Waals surface area contributed by atoms with E-state index in [2.05, 4.69) is 19.2 Å². The van der Waals surface area contributed by atoms with Crippen molar-refractivity contribution in [1.82, 2.24) is 5.32 Å². The maximum absolute atomic E-state index is 12.5. The second kappa shape index (κ2) is 5.60. The topological polar surface area (TPSA) is 55.1 Å². The van der Waals surface area contributed by atoms with Gasteiger partial charge < -0.3 is 11.1 Å². The van der Waals surface area contributed by atoms with Crippen LogP contribution in [0, 0.1) is 17.3 Å². The quantitative estimate of drug-likeness (QED) is 0.810. The molecule has 18 heavy (non-hydrogen) atoms. The van der Waals surface area contributed by atoms with Gasteiger partial charge in [0, 0.05) is 12.6 Å². The molecule has 0 aromatic rings. The van der Waals surface area contributed by atoms with Crippen molar-refractivity contribution >= 4 is 5.91 Å². The molecule has 1 amide bonds. The smallest absolute Gasteiger partial charge is 0.227 e. The summed E-state index contributed by atoms with van der Waals surface area (Å²) in [6.45, 7) is 5.05. The summed E-state index contributed by atoms with van der Waals surface area (Å²) in [4.78, 5) is 12.5. The van der Waals surface area contributed by atoms with Crippen molar-refractivity contribution in [2.24, 2.45) is 23.0 Å². The molecule has 0 aromatic heterocycles. The van der Waals surface area contributed by atoms with Crippen molar-refractivity contribution in [3.05, 3.63) is 0 Å². The first-order chi connectivity index (χ1) is 8.55. The lowest BCUT2D eigenvalue weighted by molar-refractivity contribution is -0.133. The number of amides is 1. The molecule has 2 atom stereocenters. The molecule has 2 fully saturated rings. The maximum atomic E-state index is 12.5. The van der Waals surface area contributed by atoms with Crippen LogP contribution in [0.25, 0.3) is 0 Å². The summed E-state index contributed by atoms with van der Waals surface area (Å²) < 4.78 is 0. The number of nitrogens with one attached hydrogen (secondary N) is 1. The monoisotopic (exact) mass is 252 g/mol. The average Bonchev–Trinajstić information content (AvgIpc) is 2.76. The van der Waals surface area contributed by atoms with Crippen LogP contribution in [0.15, 0.2) is 0 Å². The second-order valence-electron chi connectivity index (χ2n) is 6.76. The second-order valence-corrected chi connectivity index (χ2v) is 6.76. The number of carbonyl (C=O) groups is 1. The Morgan fingerprint density at radius 3 is 2.33 bits per heavy atom. The zero-order valence-electron chi connectivity index (χ0n) is 11.9. The first-order valence-electron chi connectivity index (χ1n) is 7.57. The van der Waals surface area contributed by atoms with Gasteiger partial charge in [-0.2, -0.15) is 0 Å². The van der Waals surface area contributed by atoms with E-state index in [9.17, 15) is 4.79 Å². The largest absolute Gasteiger partial charge is 0.353 e. The van der Waals surface area contributed by atoms with Crippen molar-refractivity contribution < 1.29 is 4.79 Å². The van der Waals surface area contributed by atoms with Crippen molar-refractivity contribution in [2.45, 2.75) is 64.8 Å². The highest BCUT2D eigenvalue weighted by Gasteiger charge is 2.40. The minimum atomic E-state index is -0.266. The van der Waals surface area contributed by atoms with E-state index < -0.39 is 0 Å². The molecule has 0 aromatic carbocycles. The summed E-state index contributed by atoms with van der Waals surface area (Å²) in [6, 6.07) is 0.398. The molecule has 3 N–H and O–H groups in total. The summed E-state index contributed by atoms with van der Waals surface area (Å²) in [5.41, 5.74) is 5.66. The van der Waals surface area contributed by atoms with Gasteiger partial charge in [-0.3, -0.25) is 4.79 Å².